The first-order valence-corrected chi connectivity index (χ1v) is 22.9. The van der Waals surface area contributed by atoms with Gasteiger partial charge in [0.2, 0.25) is 5.91 Å². The Kier molecular flexibility index (Phi) is 18.6. The van der Waals surface area contributed by atoms with E-state index in [2.05, 4.69) is 29.3 Å². The smallest absolute Gasteiger partial charge is 0.316 e. The van der Waals surface area contributed by atoms with Gasteiger partial charge >= 0.3 is 5.97 Å². The van der Waals surface area contributed by atoms with Gasteiger partial charge in [0.05, 0.1) is 18.8 Å². The van der Waals surface area contributed by atoms with Gasteiger partial charge in [0.1, 0.15) is 11.6 Å². The Balaban J connectivity index is 0.929. The van der Waals surface area contributed by atoms with E-state index in [9.17, 15) is 9.59 Å². The number of carbonyl (C=O) groups is 2. The van der Waals surface area contributed by atoms with Crippen molar-refractivity contribution in [3.05, 3.63) is 12.2 Å². The number of guanidine groups is 1. The van der Waals surface area contributed by atoms with Crippen LogP contribution in [0, 0.1) is 5.92 Å². The fourth-order valence-electron chi connectivity index (χ4n) is 9.83. The lowest BCUT2D eigenvalue weighted by atomic mass is 9.81. The number of nitrogens with zero attached hydrogens (tertiary/aromatic N) is 3. The highest BCUT2D eigenvalue weighted by Gasteiger charge is 2.61. The summed E-state index contributed by atoms with van der Waals surface area (Å²) in [5.74, 6) is 0.648. The van der Waals surface area contributed by atoms with Gasteiger partial charge in [-0.05, 0) is 96.6 Å². The van der Waals surface area contributed by atoms with Crippen LogP contribution in [0.2, 0.25) is 0 Å². The minimum atomic E-state index is -0.850. The Labute approximate surface area is 333 Å². The van der Waals surface area contributed by atoms with Crippen molar-refractivity contribution in [2.75, 3.05) is 39.4 Å². The van der Waals surface area contributed by atoms with Crippen molar-refractivity contribution in [1.29, 1.82) is 0 Å². The maximum Gasteiger partial charge on any atom is 0.316 e. The SMILES string of the molecule is CC[C@@H]1C=CCC[C@]2(C[C@H]3CC[C@H]4[C@@H](C(=O)OCCCCCCCCCCCCCCCC(=O)N(CCCN)CCCCN)[C@@]5(CCCCO5)N=C(N2)N34)O1. The van der Waals surface area contributed by atoms with Crippen LogP contribution in [0.4, 0.5) is 0 Å². The highest BCUT2D eigenvalue weighted by atomic mass is 16.5. The molecule has 2 spiro atoms. The number of nitrogens with two attached hydrogens (primary N) is 2. The van der Waals surface area contributed by atoms with Crippen LogP contribution >= 0.6 is 0 Å². The minimum absolute atomic E-state index is 0.0503. The van der Waals surface area contributed by atoms with E-state index in [4.69, 9.17) is 30.7 Å². The molecule has 0 bridgehead atoms. The minimum Gasteiger partial charge on any atom is -0.465 e. The Morgan fingerprint density at radius 2 is 1.58 bits per heavy atom. The van der Waals surface area contributed by atoms with E-state index >= 15 is 0 Å². The fourth-order valence-corrected chi connectivity index (χ4v) is 9.83. The third-order valence-corrected chi connectivity index (χ3v) is 12.9. The van der Waals surface area contributed by atoms with Crippen LogP contribution in [0.15, 0.2) is 17.1 Å². The van der Waals surface area contributed by atoms with Crippen molar-refractivity contribution in [2.45, 2.75) is 204 Å². The second kappa shape index (κ2) is 23.3. The van der Waals surface area contributed by atoms with Crippen LogP contribution in [0.5, 0.6) is 0 Å². The topological polar surface area (TPSA) is 145 Å². The summed E-state index contributed by atoms with van der Waals surface area (Å²) < 4.78 is 19.3. The second-order valence-corrected chi connectivity index (χ2v) is 17.2. The van der Waals surface area contributed by atoms with E-state index in [1.807, 2.05) is 4.90 Å². The summed E-state index contributed by atoms with van der Waals surface area (Å²) in [6.45, 7) is 6.20. The monoisotopic (exact) mass is 771 g/mol. The molecule has 0 aliphatic carbocycles. The molecule has 5 N–H and O–H groups in total. The van der Waals surface area contributed by atoms with Gasteiger partial charge in [-0.25, -0.2) is 4.99 Å². The summed E-state index contributed by atoms with van der Waals surface area (Å²) in [7, 11) is 0. The van der Waals surface area contributed by atoms with Crippen molar-refractivity contribution in [3.8, 4) is 0 Å². The predicted molar refractivity (Wildman–Crippen MR) is 220 cm³/mol. The number of nitrogens with one attached hydrogen (secondary N) is 1. The number of hydrogen-bond acceptors (Lipinski definition) is 10. The summed E-state index contributed by atoms with van der Waals surface area (Å²) in [4.78, 5) is 36.3. The molecule has 11 nitrogen and oxygen atoms in total. The molecule has 0 aromatic heterocycles. The largest absolute Gasteiger partial charge is 0.465 e. The molecule has 6 atom stereocenters. The fraction of sp³-hybridized carbons (Fsp3) is 0.886. The number of hydrogen-bond donors (Lipinski definition) is 3. The lowest BCUT2D eigenvalue weighted by molar-refractivity contribution is -0.181. The predicted octanol–water partition coefficient (Wildman–Crippen LogP) is 7.46. The van der Waals surface area contributed by atoms with Gasteiger partial charge in [0.25, 0.3) is 0 Å². The van der Waals surface area contributed by atoms with Crippen molar-refractivity contribution < 1.29 is 23.8 Å². The van der Waals surface area contributed by atoms with E-state index in [1.165, 1.54) is 57.8 Å². The van der Waals surface area contributed by atoms with E-state index in [0.29, 0.717) is 38.8 Å². The number of carbonyl (C=O) groups excluding carboxylic acids is 2. The molecule has 1 amide bonds. The molecule has 0 radical (unpaired) electrons. The molecular formula is C44H78N6O5. The molecule has 55 heavy (non-hydrogen) atoms. The number of amides is 1. The molecule has 5 heterocycles. The molecule has 5 aliphatic heterocycles. The zero-order valence-corrected chi connectivity index (χ0v) is 34.6. The number of rotatable bonds is 25. The van der Waals surface area contributed by atoms with Crippen molar-refractivity contribution in [3.63, 3.8) is 0 Å². The molecule has 3 saturated heterocycles. The molecule has 5 rings (SSSR count). The van der Waals surface area contributed by atoms with Crippen LogP contribution < -0.4 is 16.8 Å². The standard InChI is InChI=1S/C44H78N6O5/c1-2-37-23-15-16-27-43(55-37)35-36-25-26-38-40(44(28-17-21-34-54-44)48-42(47-43)50(36)38)41(52)53-33-20-13-11-9-7-5-3-4-6-8-10-12-14-24-39(51)49(32-22-30-46)31-19-18-29-45/h15,23,36-38,40H,2-14,16-22,24-35,45-46H2,1H3,(H,47,48)/t36-,37-,38+,40+,43-,44+/m1/s1. The van der Waals surface area contributed by atoms with Crippen molar-refractivity contribution in [2.24, 2.45) is 22.4 Å². The summed E-state index contributed by atoms with van der Waals surface area (Å²) in [5, 5.41) is 3.79. The Bertz CT molecular complexity index is 1210. The number of allylic oxidation sites excluding steroid dienone is 1. The van der Waals surface area contributed by atoms with Crippen molar-refractivity contribution >= 4 is 17.8 Å². The zero-order chi connectivity index (χ0) is 38.8. The number of aliphatic imine (C=N–C) groups is 1. The average Bonchev–Trinajstić information content (AvgIpc) is 3.49. The molecule has 314 valence electrons. The Morgan fingerprint density at radius 3 is 2.25 bits per heavy atom. The summed E-state index contributed by atoms with van der Waals surface area (Å²) >= 11 is 0. The molecule has 0 saturated carbocycles. The normalized spacial score (nSPS) is 28.5. The molecule has 5 aliphatic rings. The molecule has 3 fully saturated rings. The quantitative estimate of drug-likeness (QED) is 0.0490. The van der Waals surface area contributed by atoms with Crippen molar-refractivity contribution in [1.82, 2.24) is 15.1 Å². The molecule has 0 aromatic rings. The highest BCUT2D eigenvalue weighted by molar-refractivity contribution is 5.87. The van der Waals surface area contributed by atoms with Gasteiger partial charge in [-0.15, -0.1) is 0 Å². The van der Waals surface area contributed by atoms with Crippen LogP contribution in [-0.4, -0.2) is 96.7 Å². The molecule has 0 aromatic carbocycles. The first kappa shape index (κ1) is 43.9. The molecular weight excluding hydrogens is 693 g/mol. The number of esters is 1. The average molecular weight is 771 g/mol. The van der Waals surface area contributed by atoms with E-state index < -0.39 is 11.4 Å². The van der Waals surface area contributed by atoms with Gasteiger partial charge in [-0.2, -0.15) is 0 Å². The van der Waals surface area contributed by atoms with E-state index in [-0.39, 0.29) is 29.9 Å². The zero-order valence-electron chi connectivity index (χ0n) is 34.6. The number of ether oxygens (including phenoxy) is 3. The van der Waals surface area contributed by atoms with Crippen LogP contribution in [-0.2, 0) is 23.8 Å². The summed E-state index contributed by atoms with van der Waals surface area (Å²) in [6, 6.07) is 0.361. The first-order valence-electron chi connectivity index (χ1n) is 22.9. The third-order valence-electron chi connectivity index (χ3n) is 12.9. The van der Waals surface area contributed by atoms with E-state index in [0.717, 1.165) is 122 Å². The van der Waals surface area contributed by atoms with Gasteiger partial charge < -0.3 is 40.8 Å². The maximum atomic E-state index is 13.9. The summed E-state index contributed by atoms with van der Waals surface area (Å²) in [5.41, 5.74) is 10.0. The lowest BCUT2D eigenvalue weighted by Crippen LogP contribution is -2.71. The summed E-state index contributed by atoms with van der Waals surface area (Å²) in [6.07, 6.45) is 32.2. The van der Waals surface area contributed by atoms with Crippen LogP contribution in [0.3, 0.4) is 0 Å². The van der Waals surface area contributed by atoms with Gasteiger partial charge in [-0.3, -0.25) is 9.59 Å². The Hall–Kier alpha value is -2.21. The van der Waals surface area contributed by atoms with Crippen LogP contribution in [0.25, 0.3) is 0 Å². The third kappa shape index (κ3) is 12.6. The maximum absolute atomic E-state index is 13.9. The van der Waals surface area contributed by atoms with E-state index in [1.54, 1.807) is 0 Å². The lowest BCUT2D eigenvalue weighted by Gasteiger charge is -2.54. The van der Waals surface area contributed by atoms with Crippen LogP contribution in [0.1, 0.15) is 174 Å². The number of unbranched alkanes of at least 4 members (excludes halogenated alkanes) is 13. The Morgan fingerprint density at radius 1 is 0.891 bits per heavy atom. The van der Waals surface area contributed by atoms with Gasteiger partial charge in [-0.1, -0.05) is 89.7 Å². The van der Waals surface area contributed by atoms with Gasteiger partial charge in [0, 0.05) is 38.6 Å². The second-order valence-electron chi connectivity index (χ2n) is 17.2. The van der Waals surface area contributed by atoms with Gasteiger partial charge in [0.15, 0.2) is 11.7 Å². The molecule has 11 heteroatoms. The molecule has 0 unspecified atom stereocenters. The highest BCUT2D eigenvalue weighted by Crippen LogP contribution is 2.49. The first-order chi connectivity index (χ1) is 26.9.